The van der Waals surface area contributed by atoms with Gasteiger partial charge in [-0.15, -0.1) is 0 Å². The molecule has 0 aliphatic carbocycles. The molecule has 0 saturated carbocycles. The van der Waals surface area contributed by atoms with E-state index in [4.69, 9.17) is 5.11 Å². The lowest BCUT2D eigenvalue weighted by atomic mass is 9.88. The van der Waals surface area contributed by atoms with Crippen LogP contribution in [0.5, 0.6) is 0 Å². The molecule has 1 unspecified atom stereocenters. The molecule has 0 aromatic carbocycles. The van der Waals surface area contributed by atoms with Crippen molar-refractivity contribution in [1.82, 2.24) is 15.5 Å². The third-order valence-corrected chi connectivity index (χ3v) is 3.38. The molecule has 0 rings (SSSR count). The number of hydrogen-bond acceptors (Lipinski definition) is 3. The van der Waals surface area contributed by atoms with Crippen LogP contribution >= 0.6 is 0 Å². The molecule has 0 radical (unpaired) electrons. The van der Waals surface area contributed by atoms with Crippen molar-refractivity contribution in [3.63, 3.8) is 0 Å². The van der Waals surface area contributed by atoms with Crippen LogP contribution in [0.4, 0.5) is 4.79 Å². The molecule has 0 bridgehead atoms. The van der Waals surface area contributed by atoms with Crippen LogP contribution < -0.4 is 10.6 Å². The Kier molecular flexibility index (Phi) is 7.76. The van der Waals surface area contributed by atoms with E-state index in [9.17, 15) is 14.4 Å². The predicted octanol–water partition coefficient (Wildman–Crippen LogP) is 1.04. The molecule has 0 spiro atoms. The predicted molar refractivity (Wildman–Crippen MR) is 80.0 cm³/mol. The summed E-state index contributed by atoms with van der Waals surface area (Å²) in [4.78, 5) is 36.2. The fraction of sp³-hybridized carbons (Fsp3) is 0.786. The largest absolute Gasteiger partial charge is 0.481 e. The van der Waals surface area contributed by atoms with Crippen LogP contribution in [0.2, 0.25) is 0 Å². The zero-order chi connectivity index (χ0) is 16.6. The highest BCUT2D eigenvalue weighted by atomic mass is 16.4. The van der Waals surface area contributed by atoms with Gasteiger partial charge in [-0.05, 0) is 34.1 Å². The zero-order valence-electron chi connectivity index (χ0n) is 13.5. The molecule has 3 N–H and O–H groups in total. The molecule has 0 aromatic rings. The summed E-state index contributed by atoms with van der Waals surface area (Å²) in [5.74, 6) is -1.19. The third kappa shape index (κ3) is 6.46. The average molecular weight is 301 g/mol. The SMILES string of the molecule is CCN(CC(=O)NC(C)C)C(=O)NCC(C)(CC)C(=O)O. The normalized spacial score (nSPS) is 13.4. The highest BCUT2D eigenvalue weighted by molar-refractivity contribution is 5.84. The first-order valence-electron chi connectivity index (χ1n) is 7.21. The van der Waals surface area contributed by atoms with Crippen LogP contribution in [0.15, 0.2) is 0 Å². The van der Waals surface area contributed by atoms with E-state index in [0.717, 1.165) is 0 Å². The Balaban J connectivity index is 4.53. The summed E-state index contributed by atoms with van der Waals surface area (Å²) in [6.07, 6.45) is 0.405. The zero-order valence-corrected chi connectivity index (χ0v) is 13.5. The second-order valence-corrected chi connectivity index (χ2v) is 5.61. The van der Waals surface area contributed by atoms with E-state index < -0.39 is 17.4 Å². The number of amides is 3. The van der Waals surface area contributed by atoms with Crippen LogP contribution in [0.3, 0.4) is 0 Å². The maximum atomic E-state index is 12.0. The van der Waals surface area contributed by atoms with E-state index in [-0.39, 0.29) is 25.0 Å². The molecule has 0 aliphatic heterocycles. The van der Waals surface area contributed by atoms with Gasteiger partial charge in [0.15, 0.2) is 0 Å². The molecule has 0 heterocycles. The molecule has 0 aromatic heterocycles. The minimum atomic E-state index is -1.00. The van der Waals surface area contributed by atoms with Crippen molar-refractivity contribution in [1.29, 1.82) is 0 Å². The van der Waals surface area contributed by atoms with Gasteiger partial charge >= 0.3 is 12.0 Å². The van der Waals surface area contributed by atoms with E-state index in [1.54, 1.807) is 20.8 Å². The van der Waals surface area contributed by atoms with E-state index in [0.29, 0.717) is 13.0 Å². The number of nitrogens with one attached hydrogen (secondary N) is 2. The Morgan fingerprint density at radius 1 is 1.24 bits per heavy atom. The maximum absolute atomic E-state index is 12.0. The van der Waals surface area contributed by atoms with Crippen molar-refractivity contribution >= 4 is 17.9 Å². The number of carbonyl (C=O) groups excluding carboxylic acids is 2. The van der Waals surface area contributed by atoms with Crippen molar-refractivity contribution < 1.29 is 19.5 Å². The summed E-state index contributed by atoms with van der Waals surface area (Å²) < 4.78 is 0. The highest BCUT2D eigenvalue weighted by Crippen LogP contribution is 2.19. The number of hydrogen-bond donors (Lipinski definition) is 3. The number of carbonyl (C=O) groups is 3. The molecular formula is C14H27N3O4. The quantitative estimate of drug-likeness (QED) is 0.624. The Bertz CT molecular complexity index is 384. The van der Waals surface area contributed by atoms with Crippen LogP contribution in [-0.2, 0) is 9.59 Å². The van der Waals surface area contributed by atoms with Gasteiger partial charge in [-0.25, -0.2) is 4.79 Å². The molecule has 1 atom stereocenters. The smallest absolute Gasteiger partial charge is 0.317 e. The minimum Gasteiger partial charge on any atom is -0.481 e. The summed E-state index contributed by atoms with van der Waals surface area (Å²) >= 11 is 0. The van der Waals surface area contributed by atoms with Gasteiger partial charge in [0.1, 0.15) is 6.54 Å². The molecular weight excluding hydrogens is 274 g/mol. The van der Waals surface area contributed by atoms with Crippen LogP contribution in [0, 0.1) is 5.41 Å². The van der Waals surface area contributed by atoms with Gasteiger partial charge in [0.25, 0.3) is 0 Å². The summed E-state index contributed by atoms with van der Waals surface area (Å²) in [6.45, 7) is 9.13. The third-order valence-electron chi connectivity index (χ3n) is 3.38. The summed E-state index contributed by atoms with van der Waals surface area (Å²) in [5.41, 5.74) is -1.00. The lowest BCUT2D eigenvalue weighted by molar-refractivity contribution is -0.147. The van der Waals surface area contributed by atoms with Gasteiger partial charge in [-0.3, -0.25) is 9.59 Å². The number of carboxylic acid groups (broad SMARTS) is 1. The van der Waals surface area contributed by atoms with Gasteiger partial charge in [0.2, 0.25) is 5.91 Å². The van der Waals surface area contributed by atoms with Crippen LogP contribution in [0.25, 0.3) is 0 Å². The summed E-state index contributed by atoms with van der Waals surface area (Å²) in [5, 5.41) is 14.5. The highest BCUT2D eigenvalue weighted by Gasteiger charge is 2.32. The van der Waals surface area contributed by atoms with Gasteiger partial charge in [0, 0.05) is 19.1 Å². The summed E-state index contributed by atoms with van der Waals surface area (Å²) in [6, 6.07) is -0.424. The van der Waals surface area contributed by atoms with E-state index >= 15 is 0 Å². The molecule has 3 amide bonds. The van der Waals surface area contributed by atoms with E-state index in [2.05, 4.69) is 10.6 Å². The van der Waals surface area contributed by atoms with Crippen molar-refractivity contribution in [2.45, 2.75) is 47.1 Å². The number of rotatable bonds is 8. The second-order valence-electron chi connectivity index (χ2n) is 5.61. The maximum Gasteiger partial charge on any atom is 0.317 e. The second kappa shape index (κ2) is 8.49. The summed E-state index contributed by atoms with van der Waals surface area (Å²) in [7, 11) is 0. The standard InChI is InChI=1S/C14H27N3O4/c1-6-14(5,12(19)20)9-15-13(21)17(7-2)8-11(18)16-10(3)4/h10H,6-9H2,1-5H3,(H,15,21)(H,16,18)(H,19,20). The van der Waals surface area contributed by atoms with Crippen LogP contribution in [-0.4, -0.2) is 53.6 Å². The van der Waals surface area contributed by atoms with E-state index in [1.165, 1.54) is 4.90 Å². The number of aliphatic carboxylic acids is 1. The molecule has 0 fully saturated rings. The fourth-order valence-electron chi connectivity index (χ4n) is 1.60. The molecule has 21 heavy (non-hydrogen) atoms. The lowest BCUT2D eigenvalue weighted by Crippen LogP contribution is -2.49. The Labute approximate surface area is 126 Å². The monoisotopic (exact) mass is 301 g/mol. The van der Waals surface area contributed by atoms with Gasteiger partial charge in [0.05, 0.1) is 5.41 Å². The molecule has 7 nitrogen and oxygen atoms in total. The lowest BCUT2D eigenvalue weighted by Gasteiger charge is -2.26. The van der Waals surface area contributed by atoms with Crippen molar-refractivity contribution in [3.05, 3.63) is 0 Å². The van der Waals surface area contributed by atoms with E-state index in [1.807, 2.05) is 13.8 Å². The minimum absolute atomic E-state index is 0.00895. The molecule has 122 valence electrons. The fourth-order valence-corrected chi connectivity index (χ4v) is 1.60. The topological polar surface area (TPSA) is 98.7 Å². The first kappa shape index (κ1) is 19.2. The number of urea groups is 1. The van der Waals surface area contributed by atoms with Crippen molar-refractivity contribution in [2.24, 2.45) is 5.41 Å². The van der Waals surface area contributed by atoms with Crippen molar-refractivity contribution in [3.8, 4) is 0 Å². The Morgan fingerprint density at radius 2 is 1.81 bits per heavy atom. The molecule has 0 saturated heterocycles. The Morgan fingerprint density at radius 3 is 2.19 bits per heavy atom. The van der Waals surface area contributed by atoms with Crippen LogP contribution in [0.1, 0.15) is 41.0 Å². The number of nitrogens with zero attached hydrogens (tertiary/aromatic N) is 1. The van der Waals surface area contributed by atoms with Crippen molar-refractivity contribution in [2.75, 3.05) is 19.6 Å². The number of likely N-dealkylation sites (N-methyl/N-ethyl adjacent to an activating group) is 1. The average Bonchev–Trinajstić information content (AvgIpc) is 2.40. The first-order chi connectivity index (χ1) is 9.66. The molecule has 7 heteroatoms. The molecule has 0 aliphatic rings. The van der Waals surface area contributed by atoms with Gasteiger partial charge < -0.3 is 20.6 Å². The van der Waals surface area contributed by atoms with Gasteiger partial charge in [-0.1, -0.05) is 6.92 Å². The van der Waals surface area contributed by atoms with Gasteiger partial charge in [-0.2, -0.15) is 0 Å². The first-order valence-corrected chi connectivity index (χ1v) is 7.21. The number of carboxylic acids is 1. The Hall–Kier alpha value is -1.79.